The molecule has 1 N–H and O–H groups in total. The topological polar surface area (TPSA) is 51.2 Å². The Morgan fingerprint density at radius 3 is 2.85 bits per heavy atom. The second-order valence-corrected chi connectivity index (χ2v) is 6.79. The number of benzene rings is 2. The van der Waals surface area contributed by atoms with Crippen LogP contribution in [0.1, 0.15) is 34.1 Å². The average molecular weight is 358 g/mol. The number of hydrogen-bond donors (Lipinski definition) is 1. The Morgan fingerprint density at radius 1 is 1.11 bits per heavy atom. The quantitative estimate of drug-likeness (QED) is 0.695. The van der Waals surface area contributed by atoms with Crippen molar-refractivity contribution in [3.05, 3.63) is 83.2 Å². The van der Waals surface area contributed by atoms with Crippen LogP contribution in [-0.4, -0.2) is 17.3 Å². The van der Waals surface area contributed by atoms with Gasteiger partial charge < -0.3 is 10.1 Å². The molecule has 0 aliphatic carbocycles. The van der Waals surface area contributed by atoms with Crippen LogP contribution in [0.4, 0.5) is 0 Å². The van der Waals surface area contributed by atoms with Crippen LogP contribution in [-0.2, 0) is 19.6 Å². The van der Waals surface area contributed by atoms with E-state index < -0.39 is 0 Å². The van der Waals surface area contributed by atoms with Gasteiger partial charge in [-0.1, -0.05) is 24.3 Å². The average Bonchev–Trinajstić information content (AvgIpc) is 2.72. The highest BCUT2D eigenvalue weighted by Crippen LogP contribution is 2.33. The third kappa shape index (κ3) is 3.91. The summed E-state index contributed by atoms with van der Waals surface area (Å²) >= 11 is 0. The molecule has 0 amide bonds. The Kier molecular flexibility index (Phi) is 4.99. The maximum Gasteiger partial charge on any atom is 0.159 e. The number of ether oxygens (including phenoxy) is 1. The van der Waals surface area contributed by atoms with Crippen molar-refractivity contribution in [1.29, 1.82) is 0 Å². The van der Waals surface area contributed by atoms with Gasteiger partial charge in [-0.25, -0.2) is 0 Å². The summed E-state index contributed by atoms with van der Waals surface area (Å²) in [6.07, 6.45) is 2.77. The summed E-state index contributed by atoms with van der Waals surface area (Å²) in [7, 11) is 0. The van der Waals surface area contributed by atoms with E-state index in [4.69, 9.17) is 4.74 Å². The van der Waals surface area contributed by atoms with Crippen molar-refractivity contribution in [2.45, 2.75) is 26.5 Å². The molecule has 27 heavy (non-hydrogen) atoms. The second kappa shape index (κ2) is 7.72. The molecular weight excluding hydrogens is 336 g/mol. The monoisotopic (exact) mass is 358 g/mol. The molecule has 1 aliphatic heterocycles. The fraction of sp³-hybridized carbons (Fsp3) is 0.217. The predicted molar refractivity (Wildman–Crippen MR) is 106 cm³/mol. The number of rotatable bonds is 5. The van der Waals surface area contributed by atoms with E-state index in [1.54, 1.807) is 13.1 Å². The number of ketones is 1. The molecule has 1 aliphatic rings. The fourth-order valence-electron chi connectivity index (χ4n) is 3.38. The molecule has 4 nitrogen and oxygen atoms in total. The van der Waals surface area contributed by atoms with Crippen LogP contribution in [0.5, 0.6) is 5.75 Å². The van der Waals surface area contributed by atoms with Gasteiger partial charge in [-0.15, -0.1) is 0 Å². The number of nitrogens with one attached hydrogen (secondary N) is 1. The summed E-state index contributed by atoms with van der Waals surface area (Å²) < 4.78 is 6.07. The molecule has 0 unspecified atom stereocenters. The van der Waals surface area contributed by atoms with Crippen molar-refractivity contribution in [3.8, 4) is 16.9 Å². The van der Waals surface area contributed by atoms with Gasteiger partial charge in [0.2, 0.25) is 0 Å². The summed E-state index contributed by atoms with van der Waals surface area (Å²) in [6.45, 7) is 3.88. The standard InChI is InChI=1S/C23H22N2O2/c1-16(26)17-7-8-23(27-15-21-4-2-3-10-25-21)22(13-17)19-5-6-20-14-24-11-9-18(20)12-19/h2-8,10,12-13,24H,9,11,14-15H2,1H3. The molecule has 0 saturated carbocycles. The minimum Gasteiger partial charge on any atom is -0.487 e. The number of aromatic nitrogens is 1. The smallest absolute Gasteiger partial charge is 0.159 e. The molecule has 3 aromatic rings. The molecule has 2 heterocycles. The van der Waals surface area contributed by atoms with E-state index in [1.165, 1.54) is 11.1 Å². The van der Waals surface area contributed by atoms with Crippen LogP contribution in [0.25, 0.3) is 11.1 Å². The molecule has 1 aromatic heterocycles. The number of hydrogen-bond acceptors (Lipinski definition) is 4. The molecule has 0 spiro atoms. The maximum atomic E-state index is 11.9. The lowest BCUT2D eigenvalue weighted by Crippen LogP contribution is -2.23. The van der Waals surface area contributed by atoms with Gasteiger partial charge in [0.15, 0.2) is 5.78 Å². The second-order valence-electron chi connectivity index (χ2n) is 6.79. The fourth-order valence-corrected chi connectivity index (χ4v) is 3.38. The third-order valence-electron chi connectivity index (χ3n) is 4.89. The van der Waals surface area contributed by atoms with Gasteiger partial charge in [0.05, 0.1) is 5.69 Å². The van der Waals surface area contributed by atoms with Gasteiger partial charge in [-0.3, -0.25) is 9.78 Å². The molecule has 4 heteroatoms. The summed E-state index contributed by atoms with van der Waals surface area (Å²) in [5.74, 6) is 0.814. The summed E-state index contributed by atoms with van der Waals surface area (Å²) in [6, 6.07) is 17.9. The van der Waals surface area contributed by atoms with E-state index in [-0.39, 0.29) is 5.78 Å². The highest BCUT2D eigenvalue weighted by atomic mass is 16.5. The molecule has 2 aromatic carbocycles. The highest BCUT2D eigenvalue weighted by molar-refractivity contribution is 5.96. The predicted octanol–water partition coefficient (Wildman–Crippen LogP) is 4.18. The maximum absolute atomic E-state index is 11.9. The zero-order valence-corrected chi connectivity index (χ0v) is 15.4. The van der Waals surface area contributed by atoms with Crippen LogP contribution in [0.3, 0.4) is 0 Å². The largest absolute Gasteiger partial charge is 0.487 e. The molecular formula is C23H22N2O2. The molecule has 0 bridgehead atoms. The van der Waals surface area contributed by atoms with Crippen LogP contribution in [0.2, 0.25) is 0 Å². The summed E-state index contributed by atoms with van der Waals surface area (Å²) in [5, 5.41) is 3.40. The first kappa shape index (κ1) is 17.4. The normalized spacial score (nSPS) is 13.1. The van der Waals surface area contributed by atoms with Crippen molar-refractivity contribution in [2.24, 2.45) is 0 Å². The van der Waals surface area contributed by atoms with Gasteiger partial charge in [-0.2, -0.15) is 0 Å². The minimum atomic E-state index is 0.0506. The van der Waals surface area contributed by atoms with Crippen molar-refractivity contribution < 1.29 is 9.53 Å². The molecule has 0 radical (unpaired) electrons. The van der Waals surface area contributed by atoms with E-state index >= 15 is 0 Å². The third-order valence-corrected chi connectivity index (χ3v) is 4.89. The molecule has 0 saturated heterocycles. The Hall–Kier alpha value is -2.98. The van der Waals surface area contributed by atoms with Crippen LogP contribution in [0.15, 0.2) is 60.8 Å². The summed E-state index contributed by atoms with van der Waals surface area (Å²) in [4.78, 5) is 16.2. The van der Waals surface area contributed by atoms with Gasteiger partial charge >= 0.3 is 0 Å². The molecule has 0 atom stereocenters. The van der Waals surface area contributed by atoms with Crippen molar-refractivity contribution in [2.75, 3.05) is 6.54 Å². The number of fused-ring (bicyclic) bond motifs is 1. The molecule has 136 valence electrons. The lowest BCUT2D eigenvalue weighted by atomic mass is 9.94. The SMILES string of the molecule is CC(=O)c1ccc(OCc2ccccn2)c(-c2ccc3c(c2)CCNC3)c1. The number of carbonyl (C=O) groups is 1. The lowest BCUT2D eigenvalue weighted by Gasteiger charge is -2.19. The van der Waals surface area contributed by atoms with E-state index in [0.717, 1.165) is 42.1 Å². The van der Waals surface area contributed by atoms with Crippen LogP contribution in [0, 0.1) is 0 Å². The van der Waals surface area contributed by atoms with Crippen LogP contribution >= 0.6 is 0 Å². The summed E-state index contributed by atoms with van der Waals surface area (Å²) in [5.41, 5.74) is 6.28. The molecule has 4 rings (SSSR count). The van der Waals surface area contributed by atoms with E-state index in [1.807, 2.05) is 36.4 Å². The highest BCUT2D eigenvalue weighted by Gasteiger charge is 2.14. The van der Waals surface area contributed by atoms with E-state index in [9.17, 15) is 4.79 Å². The van der Waals surface area contributed by atoms with Gasteiger partial charge in [0.1, 0.15) is 12.4 Å². The van der Waals surface area contributed by atoms with Crippen LogP contribution < -0.4 is 10.1 Å². The lowest BCUT2D eigenvalue weighted by molar-refractivity contribution is 0.101. The van der Waals surface area contributed by atoms with Crippen molar-refractivity contribution in [3.63, 3.8) is 0 Å². The first-order chi connectivity index (χ1) is 13.2. The van der Waals surface area contributed by atoms with Gasteiger partial charge in [-0.05, 0) is 66.9 Å². The Bertz CT molecular complexity index is 967. The zero-order valence-electron chi connectivity index (χ0n) is 15.4. The number of nitrogens with zero attached hydrogens (tertiary/aromatic N) is 1. The minimum absolute atomic E-state index is 0.0506. The Morgan fingerprint density at radius 2 is 2.04 bits per heavy atom. The zero-order chi connectivity index (χ0) is 18.6. The van der Waals surface area contributed by atoms with E-state index in [2.05, 4.69) is 28.5 Å². The Balaban J connectivity index is 1.70. The number of Topliss-reactive ketones (excluding diaryl/α,β-unsaturated/α-hetero) is 1. The van der Waals surface area contributed by atoms with E-state index in [0.29, 0.717) is 12.2 Å². The molecule has 0 fully saturated rings. The number of pyridine rings is 1. The van der Waals surface area contributed by atoms with Crippen molar-refractivity contribution in [1.82, 2.24) is 10.3 Å². The Labute approximate surface area is 159 Å². The number of carbonyl (C=O) groups excluding carboxylic acids is 1. The van der Waals surface area contributed by atoms with Crippen molar-refractivity contribution >= 4 is 5.78 Å². The first-order valence-corrected chi connectivity index (χ1v) is 9.21. The van der Waals surface area contributed by atoms with Gasteiger partial charge in [0.25, 0.3) is 0 Å². The first-order valence-electron chi connectivity index (χ1n) is 9.21. The van der Waals surface area contributed by atoms with Gasteiger partial charge in [0, 0.05) is 23.9 Å².